The topological polar surface area (TPSA) is 182 Å². The maximum absolute atomic E-state index is 10.3. The molecule has 3 rings (SSSR count). The number of ether oxygens (including phenoxy) is 1. The number of carbonyl (C=O) groups is 4. The zero-order chi connectivity index (χ0) is 34.0. The number of rotatable bonds is 13. The fourth-order valence-corrected chi connectivity index (χ4v) is 4.06. The van der Waals surface area contributed by atoms with Gasteiger partial charge in [0.15, 0.2) is 5.60 Å². The molecule has 0 atom stereocenters. The highest BCUT2D eigenvalue weighted by atomic mass is 16.5. The molecule has 0 spiro atoms. The lowest BCUT2D eigenvalue weighted by Crippen LogP contribution is -2.42. The Balaban J connectivity index is 0.000000498. The second-order valence-corrected chi connectivity index (χ2v) is 10.1. The van der Waals surface area contributed by atoms with Crippen LogP contribution in [0.1, 0.15) is 49.8 Å². The van der Waals surface area contributed by atoms with Crippen molar-refractivity contribution in [2.24, 2.45) is 0 Å². The van der Waals surface area contributed by atoms with Gasteiger partial charge in [0.1, 0.15) is 12.4 Å². The first-order valence-electron chi connectivity index (χ1n) is 14.0. The Labute approximate surface area is 262 Å². The highest BCUT2D eigenvalue weighted by Crippen LogP contribution is 2.34. The predicted molar refractivity (Wildman–Crippen MR) is 170 cm³/mol. The second-order valence-electron chi connectivity index (χ2n) is 10.1. The van der Waals surface area contributed by atoms with Gasteiger partial charge in [0.2, 0.25) is 0 Å². The summed E-state index contributed by atoms with van der Waals surface area (Å²) < 4.78 is 5.87. The summed E-state index contributed by atoms with van der Waals surface area (Å²) in [6.45, 7) is 4.91. The van der Waals surface area contributed by atoms with Gasteiger partial charge in [-0.3, -0.25) is 14.4 Å². The fourth-order valence-electron chi connectivity index (χ4n) is 4.06. The van der Waals surface area contributed by atoms with Crippen molar-refractivity contribution in [3.05, 3.63) is 102 Å². The number of nitrogens with zero attached hydrogens (tertiary/aromatic N) is 1. The number of aliphatic hydroxyl groups is 1. The van der Waals surface area contributed by atoms with Gasteiger partial charge < -0.3 is 35.2 Å². The molecule has 11 heteroatoms. The molecule has 0 bridgehead atoms. The number of allylic oxidation sites excluding steroid dienone is 1. The summed E-state index contributed by atoms with van der Waals surface area (Å²) in [6, 6.07) is 29.8. The van der Waals surface area contributed by atoms with E-state index in [-0.39, 0.29) is 0 Å². The molecule has 45 heavy (non-hydrogen) atoms. The third-order valence-corrected chi connectivity index (χ3v) is 6.08. The zero-order valence-electron chi connectivity index (χ0n) is 25.8. The van der Waals surface area contributed by atoms with Crippen LogP contribution in [0.15, 0.2) is 84.9 Å². The lowest BCUT2D eigenvalue weighted by Gasteiger charge is -2.18. The summed E-state index contributed by atoms with van der Waals surface area (Å²) in [4.78, 5) is 41.6. The second kappa shape index (κ2) is 19.3. The minimum Gasteiger partial charge on any atom is -0.492 e. The largest absolute Gasteiger partial charge is 0.492 e. The van der Waals surface area contributed by atoms with Crippen LogP contribution in [0.2, 0.25) is 0 Å². The Morgan fingerprint density at radius 3 is 1.51 bits per heavy atom. The molecule has 0 heterocycles. The smallest absolute Gasteiger partial charge is 0.336 e. The number of benzene rings is 3. The Hall–Kier alpha value is -5.00. The van der Waals surface area contributed by atoms with Crippen molar-refractivity contribution in [1.82, 2.24) is 4.90 Å². The lowest BCUT2D eigenvalue weighted by molar-refractivity contribution is -0.170. The highest BCUT2D eigenvalue weighted by molar-refractivity contribution is 5.98. The first-order chi connectivity index (χ1) is 21.2. The number of likely N-dealkylation sites (N-methyl/N-ethyl adjacent to an activating group) is 1. The van der Waals surface area contributed by atoms with Crippen molar-refractivity contribution in [2.75, 3.05) is 27.2 Å². The molecular formula is C34H41NO10. The molecule has 0 aromatic heterocycles. The molecule has 0 saturated heterocycles. The van der Waals surface area contributed by atoms with E-state index in [2.05, 4.69) is 111 Å². The van der Waals surface area contributed by atoms with E-state index in [1.807, 2.05) is 0 Å². The first-order valence-corrected chi connectivity index (χ1v) is 14.0. The fraction of sp³-hybridized carbons (Fsp3) is 0.294. The molecule has 5 N–H and O–H groups in total. The molecule has 242 valence electrons. The molecule has 0 fully saturated rings. The van der Waals surface area contributed by atoms with E-state index >= 15 is 0 Å². The van der Waals surface area contributed by atoms with Crippen molar-refractivity contribution < 1.29 is 49.4 Å². The van der Waals surface area contributed by atoms with Gasteiger partial charge in [0.05, 0.1) is 12.8 Å². The third kappa shape index (κ3) is 14.3. The van der Waals surface area contributed by atoms with Crippen LogP contribution in [0.4, 0.5) is 0 Å². The molecule has 0 aliphatic heterocycles. The van der Waals surface area contributed by atoms with Gasteiger partial charge in [-0.15, -0.1) is 0 Å². The molecule has 0 aliphatic carbocycles. The molecule has 0 radical (unpaired) electrons. The van der Waals surface area contributed by atoms with Gasteiger partial charge >= 0.3 is 17.9 Å². The molecule has 0 amide bonds. The monoisotopic (exact) mass is 623 g/mol. The van der Waals surface area contributed by atoms with Crippen LogP contribution in [-0.2, 0) is 19.2 Å². The number of aliphatic carboxylic acids is 4. The number of carboxylic acids is 4. The summed E-state index contributed by atoms with van der Waals surface area (Å²) in [5.41, 5.74) is 3.63. The van der Waals surface area contributed by atoms with Crippen molar-refractivity contribution in [3.63, 3.8) is 0 Å². The van der Waals surface area contributed by atoms with E-state index in [0.717, 1.165) is 25.6 Å². The average Bonchev–Trinajstić information content (AvgIpc) is 2.96. The van der Waals surface area contributed by atoms with Crippen molar-refractivity contribution >= 4 is 35.0 Å². The summed E-state index contributed by atoms with van der Waals surface area (Å²) in [5.74, 6) is -4.94. The number of carboxylic acid groups (broad SMARTS) is 4. The zero-order valence-corrected chi connectivity index (χ0v) is 25.8. The summed E-state index contributed by atoms with van der Waals surface area (Å²) in [5, 5.41) is 41.2. The Morgan fingerprint density at radius 1 is 0.711 bits per heavy atom. The Kier molecular flexibility index (Phi) is 16.3. The lowest BCUT2D eigenvalue weighted by atomic mass is 9.88. The highest BCUT2D eigenvalue weighted by Gasteiger charge is 2.40. The Morgan fingerprint density at radius 2 is 1.13 bits per heavy atom. The standard InChI is InChI=1S/C26H29NO.C6H8O7.C2H4O2/c1-4-25(21-11-7-5-8-12-21)26(22-13-9-6-10-14-22)23-15-17-24(18-16-23)28-20-19-27(2)3;7-3(8)1-6(13,5(11)12)2-4(9)10;1-2(3)4/h5-18H,4,19-20H2,1-3H3;13H,1-2H2,(H,7,8)(H,9,10)(H,11,12);1H3,(H,3,4)/b26-25-;;. The van der Waals surface area contributed by atoms with Gasteiger partial charge in [-0.2, -0.15) is 0 Å². The Bertz CT molecular complexity index is 1380. The van der Waals surface area contributed by atoms with Crippen LogP contribution in [0, 0.1) is 0 Å². The molecule has 3 aromatic rings. The van der Waals surface area contributed by atoms with Gasteiger partial charge in [-0.25, -0.2) is 4.79 Å². The third-order valence-electron chi connectivity index (χ3n) is 6.08. The predicted octanol–water partition coefficient (Wildman–Crippen LogP) is 4.84. The van der Waals surface area contributed by atoms with Crippen molar-refractivity contribution in [1.29, 1.82) is 0 Å². The molecule has 11 nitrogen and oxygen atoms in total. The van der Waals surface area contributed by atoms with E-state index in [9.17, 15) is 14.4 Å². The first kappa shape index (κ1) is 38.0. The van der Waals surface area contributed by atoms with E-state index in [1.165, 1.54) is 27.8 Å². The van der Waals surface area contributed by atoms with Crippen LogP contribution in [0.5, 0.6) is 5.75 Å². The maximum Gasteiger partial charge on any atom is 0.336 e. The van der Waals surface area contributed by atoms with Crippen LogP contribution < -0.4 is 4.74 Å². The van der Waals surface area contributed by atoms with E-state index in [0.29, 0.717) is 6.61 Å². The maximum atomic E-state index is 10.3. The molecule has 0 unspecified atom stereocenters. The van der Waals surface area contributed by atoms with Crippen LogP contribution in [0.25, 0.3) is 11.1 Å². The van der Waals surface area contributed by atoms with Gasteiger partial charge in [0, 0.05) is 13.5 Å². The molecule has 0 aliphatic rings. The summed E-state index contributed by atoms with van der Waals surface area (Å²) >= 11 is 0. The SMILES string of the molecule is CC(=O)O.CC/C(=C(\c1ccccc1)c1ccc(OCCN(C)C)cc1)c1ccccc1.O=C(O)CC(O)(CC(=O)O)C(=O)O. The average molecular weight is 624 g/mol. The van der Waals surface area contributed by atoms with Crippen molar-refractivity contribution in [3.8, 4) is 5.75 Å². The summed E-state index contributed by atoms with van der Waals surface area (Å²) in [7, 11) is 4.11. The number of hydrogen-bond acceptors (Lipinski definition) is 7. The van der Waals surface area contributed by atoms with Gasteiger partial charge in [-0.1, -0.05) is 79.7 Å². The van der Waals surface area contributed by atoms with Gasteiger partial charge in [0.25, 0.3) is 5.97 Å². The molecular weight excluding hydrogens is 582 g/mol. The van der Waals surface area contributed by atoms with Crippen molar-refractivity contribution in [2.45, 2.75) is 38.7 Å². The molecule has 3 aromatic carbocycles. The van der Waals surface area contributed by atoms with E-state index in [4.69, 9.17) is 35.1 Å². The molecule has 0 saturated carbocycles. The van der Waals surface area contributed by atoms with Crippen LogP contribution >= 0.6 is 0 Å². The number of hydrogen-bond donors (Lipinski definition) is 5. The quantitative estimate of drug-likeness (QED) is 0.164. The van der Waals surface area contributed by atoms with Gasteiger partial charge in [-0.05, 0) is 60.5 Å². The summed E-state index contributed by atoms with van der Waals surface area (Å²) in [6.07, 6.45) is -1.32. The van der Waals surface area contributed by atoms with E-state index < -0.39 is 42.3 Å². The van der Waals surface area contributed by atoms with Crippen LogP contribution in [0.3, 0.4) is 0 Å². The van der Waals surface area contributed by atoms with E-state index in [1.54, 1.807) is 0 Å². The van der Waals surface area contributed by atoms with Crippen LogP contribution in [-0.4, -0.2) is 87.2 Å². The minimum absolute atomic E-state index is 0.692. The normalized spacial score (nSPS) is 11.2. The minimum atomic E-state index is -2.74.